The quantitative estimate of drug-likeness (QED) is 0.780. The number of benzene rings is 1. The molecule has 0 unspecified atom stereocenters. The van der Waals surface area contributed by atoms with E-state index in [1.54, 1.807) is 38.4 Å². The number of hydrogen-bond donors (Lipinski definition) is 0. The Labute approximate surface area is 143 Å². The van der Waals surface area contributed by atoms with Crippen molar-refractivity contribution in [2.24, 2.45) is 0 Å². The van der Waals surface area contributed by atoms with Crippen LogP contribution in [0, 0.1) is 0 Å². The lowest BCUT2D eigenvalue weighted by atomic mass is 10.2. The van der Waals surface area contributed by atoms with Gasteiger partial charge in [0.15, 0.2) is 6.10 Å². The highest BCUT2D eigenvalue weighted by Crippen LogP contribution is 2.34. The van der Waals surface area contributed by atoms with Gasteiger partial charge in [-0.3, -0.25) is 4.79 Å². The topological polar surface area (TPSA) is 59.8 Å². The van der Waals surface area contributed by atoms with Crippen molar-refractivity contribution in [1.29, 1.82) is 0 Å². The largest absolute Gasteiger partial charge is 0.449 e. The molecule has 0 radical (unpaired) electrons. The second kappa shape index (κ2) is 7.06. The summed E-state index contributed by atoms with van der Waals surface area (Å²) in [5, 5.41) is 0.717. The zero-order valence-corrected chi connectivity index (χ0v) is 14.3. The molecule has 0 fully saturated rings. The molecule has 7 heteroatoms. The number of furan rings is 1. The third-order valence-electron chi connectivity index (χ3n) is 3.10. The van der Waals surface area contributed by atoms with Gasteiger partial charge < -0.3 is 14.1 Å². The maximum absolute atomic E-state index is 12.0. The van der Waals surface area contributed by atoms with E-state index < -0.39 is 12.1 Å². The number of likely N-dealkylation sites (N-methyl/N-ethyl adjacent to an activating group) is 1. The molecular weight excluding hydrogens is 341 g/mol. The lowest BCUT2D eigenvalue weighted by molar-refractivity contribution is -0.137. The zero-order chi connectivity index (χ0) is 17.1. The highest BCUT2D eigenvalue weighted by Gasteiger charge is 2.23. The summed E-state index contributed by atoms with van der Waals surface area (Å²) in [7, 11) is 3.16. The Bertz CT molecular complexity index is 739. The Morgan fingerprint density at radius 3 is 2.52 bits per heavy atom. The van der Waals surface area contributed by atoms with Crippen molar-refractivity contribution in [2.75, 3.05) is 14.1 Å². The van der Waals surface area contributed by atoms with E-state index in [-0.39, 0.29) is 11.7 Å². The van der Waals surface area contributed by atoms with Crippen molar-refractivity contribution in [3.8, 4) is 11.3 Å². The molecule has 1 heterocycles. The second-order valence-electron chi connectivity index (χ2n) is 5.05. The lowest BCUT2D eigenvalue weighted by Crippen LogP contribution is -2.34. The molecule has 1 aromatic carbocycles. The molecule has 0 spiro atoms. The van der Waals surface area contributed by atoms with Crippen LogP contribution in [0.5, 0.6) is 0 Å². The third-order valence-corrected chi connectivity index (χ3v) is 3.92. The van der Waals surface area contributed by atoms with Crippen LogP contribution in [0.25, 0.3) is 11.3 Å². The SMILES string of the molecule is C[C@@H](OC(=O)c1ccc(-c2cccc(Cl)c2Cl)o1)C(=O)N(C)C. The molecular formula is C16H15Cl2NO4. The van der Waals surface area contributed by atoms with E-state index in [0.29, 0.717) is 21.4 Å². The maximum Gasteiger partial charge on any atom is 0.375 e. The van der Waals surface area contributed by atoms with Crippen LogP contribution >= 0.6 is 23.2 Å². The third kappa shape index (κ3) is 3.86. The molecule has 122 valence electrons. The van der Waals surface area contributed by atoms with Gasteiger partial charge in [-0.1, -0.05) is 29.3 Å². The van der Waals surface area contributed by atoms with Gasteiger partial charge in [0.2, 0.25) is 5.76 Å². The zero-order valence-electron chi connectivity index (χ0n) is 12.8. The second-order valence-corrected chi connectivity index (χ2v) is 5.83. The number of nitrogens with zero attached hydrogens (tertiary/aromatic N) is 1. The van der Waals surface area contributed by atoms with E-state index >= 15 is 0 Å². The van der Waals surface area contributed by atoms with Crippen LogP contribution in [0.2, 0.25) is 10.0 Å². The minimum atomic E-state index is -0.902. The van der Waals surface area contributed by atoms with Crippen molar-refractivity contribution in [3.63, 3.8) is 0 Å². The number of carbonyl (C=O) groups excluding carboxylic acids is 2. The molecule has 0 bridgehead atoms. The summed E-state index contributed by atoms with van der Waals surface area (Å²) in [6.07, 6.45) is -0.902. The van der Waals surface area contributed by atoms with Gasteiger partial charge in [-0.05, 0) is 31.2 Å². The normalized spacial score (nSPS) is 11.9. The van der Waals surface area contributed by atoms with E-state index in [0.717, 1.165) is 0 Å². The fraction of sp³-hybridized carbons (Fsp3) is 0.250. The molecule has 1 aromatic heterocycles. The highest BCUT2D eigenvalue weighted by atomic mass is 35.5. The van der Waals surface area contributed by atoms with Crippen LogP contribution in [0.1, 0.15) is 17.5 Å². The van der Waals surface area contributed by atoms with E-state index in [4.69, 9.17) is 32.4 Å². The smallest absolute Gasteiger partial charge is 0.375 e. The molecule has 2 aromatic rings. The molecule has 2 rings (SSSR count). The summed E-state index contributed by atoms with van der Waals surface area (Å²) < 4.78 is 10.5. The summed E-state index contributed by atoms with van der Waals surface area (Å²) in [5.74, 6) is -0.675. The first kappa shape index (κ1) is 17.4. The van der Waals surface area contributed by atoms with Gasteiger partial charge in [0.1, 0.15) is 5.76 Å². The van der Waals surface area contributed by atoms with Crippen molar-refractivity contribution in [1.82, 2.24) is 4.90 Å². The predicted molar refractivity (Wildman–Crippen MR) is 87.7 cm³/mol. The fourth-order valence-electron chi connectivity index (χ4n) is 1.92. The van der Waals surface area contributed by atoms with Gasteiger partial charge in [-0.2, -0.15) is 0 Å². The monoisotopic (exact) mass is 355 g/mol. The van der Waals surface area contributed by atoms with E-state index in [9.17, 15) is 9.59 Å². The average molecular weight is 356 g/mol. The molecule has 0 N–H and O–H groups in total. The van der Waals surface area contributed by atoms with Gasteiger partial charge in [0.05, 0.1) is 10.0 Å². The number of hydrogen-bond acceptors (Lipinski definition) is 4. The van der Waals surface area contributed by atoms with Crippen molar-refractivity contribution >= 4 is 35.1 Å². The Morgan fingerprint density at radius 2 is 1.87 bits per heavy atom. The standard InChI is InChI=1S/C16H15Cl2NO4/c1-9(15(20)19(2)3)22-16(21)13-8-7-12(23-13)10-5-4-6-11(17)14(10)18/h4-9H,1-3H3/t9-/m1/s1. The molecule has 23 heavy (non-hydrogen) atoms. The fourth-order valence-corrected chi connectivity index (χ4v) is 2.31. The van der Waals surface area contributed by atoms with Crippen LogP contribution in [-0.2, 0) is 9.53 Å². The Morgan fingerprint density at radius 1 is 1.17 bits per heavy atom. The van der Waals surface area contributed by atoms with E-state index in [1.165, 1.54) is 17.9 Å². The van der Waals surface area contributed by atoms with Crippen molar-refractivity contribution in [2.45, 2.75) is 13.0 Å². The molecule has 0 aliphatic carbocycles. The van der Waals surface area contributed by atoms with Gasteiger partial charge in [-0.25, -0.2) is 4.79 Å². The number of esters is 1. The van der Waals surface area contributed by atoms with Gasteiger partial charge in [0.25, 0.3) is 5.91 Å². The molecule has 0 saturated carbocycles. The summed E-state index contributed by atoms with van der Waals surface area (Å²) in [6.45, 7) is 1.50. The van der Waals surface area contributed by atoms with Crippen LogP contribution in [0.15, 0.2) is 34.7 Å². The molecule has 1 amide bonds. The van der Waals surface area contributed by atoms with Crippen LogP contribution in [0.3, 0.4) is 0 Å². The molecule has 0 saturated heterocycles. The summed E-state index contributed by atoms with van der Waals surface area (Å²) in [6, 6.07) is 8.15. The summed E-state index contributed by atoms with van der Waals surface area (Å²) >= 11 is 12.1. The first-order valence-corrected chi connectivity index (χ1v) is 7.53. The maximum atomic E-state index is 12.0. The minimum absolute atomic E-state index is 0.0190. The number of rotatable bonds is 4. The van der Waals surface area contributed by atoms with E-state index in [2.05, 4.69) is 0 Å². The average Bonchev–Trinajstić information content (AvgIpc) is 2.98. The number of halogens is 2. The number of carbonyl (C=O) groups is 2. The van der Waals surface area contributed by atoms with Gasteiger partial charge in [0, 0.05) is 19.7 Å². The van der Waals surface area contributed by atoms with Gasteiger partial charge >= 0.3 is 5.97 Å². The summed E-state index contributed by atoms with van der Waals surface area (Å²) in [4.78, 5) is 25.1. The van der Waals surface area contributed by atoms with Crippen LogP contribution < -0.4 is 0 Å². The van der Waals surface area contributed by atoms with E-state index in [1.807, 2.05) is 0 Å². The number of ether oxygens (including phenoxy) is 1. The summed E-state index contributed by atoms with van der Waals surface area (Å²) in [5.41, 5.74) is 0.565. The van der Waals surface area contributed by atoms with Crippen LogP contribution in [0.4, 0.5) is 0 Å². The Balaban J connectivity index is 2.17. The molecule has 0 aliphatic heterocycles. The van der Waals surface area contributed by atoms with Crippen molar-refractivity contribution < 1.29 is 18.7 Å². The van der Waals surface area contributed by atoms with Gasteiger partial charge in [-0.15, -0.1) is 0 Å². The first-order chi connectivity index (χ1) is 10.8. The van der Waals surface area contributed by atoms with Crippen molar-refractivity contribution in [3.05, 3.63) is 46.1 Å². The first-order valence-electron chi connectivity index (χ1n) is 6.77. The minimum Gasteiger partial charge on any atom is -0.449 e. The number of amides is 1. The van der Waals surface area contributed by atoms with Crippen LogP contribution in [-0.4, -0.2) is 37.0 Å². The molecule has 0 aliphatic rings. The molecule has 1 atom stereocenters. The Kier molecular flexibility index (Phi) is 5.34. The Hall–Kier alpha value is -1.98. The highest BCUT2D eigenvalue weighted by molar-refractivity contribution is 6.43. The lowest BCUT2D eigenvalue weighted by Gasteiger charge is -2.16. The molecule has 5 nitrogen and oxygen atoms in total. The predicted octanol–water partition coefficient (Wildman–Crippen LogP) is 3.89.